The summed E-state index contributed by atoms with van der Waals surface area (Å²) in [6.07, 6.45) is 6.17. The quantitative estimate of drug-likeness (QED) is 0.347. The number of nitrogens with one attached hydrogen (secondary N) is 2. The lowest BCUT2D eigenvalue weighted by atomic mass is 10.1. The van der Waals surface area contributed by atoms with Gasteiger partial charge in [-0.05, 0) is 30.9 Å². The molecule has 2 N–H and O–H groups in total. The standard InChI is InChI=1S/C20H30N6O.HI/c1-4-17-16(18(5-2)27-25-17)14-24-20(21-3)23-13-15-8-9-19(22-12-15)26-10-6-7-11-26;/h8-9,12H,4-7,10-11,13-14H2,1-3H3,(H2,21,23,24);1H. The predicted octanol–water partition coefficient (Wildman–Crippen LogP) is 3.28. The lowest BCUT2D eigenvalue weighted by Gasteiger charge is -2.16. The van der Waals surface area contributed by atoms with E-state index in [-0.39, 0.29) is 24.0 Å². The van der Waals surface area contributed by atoms with Crippen molar-refractivity contribution >= 4 is 35.8 Å². The van der Waals surface area contributed by atoms with Gasteiger partial charge in [0.15, 0.2) is 5.96 Å². The summed E-state index contributed by atoms with van der Waals surface area (Å²) in [7, 11) is 1.78. The van der Waals surface area contributed by atoms with Crippen molar-refractivity contribution in [1.29, 1.82) is 0 Å². The van der Waals surface area contributed by atoms with Crippen molar-refractivity contribution in [3.63, 3.8) is 0 Å². The summed E-state index contributed by atoms with van der Waals surface area (Å²) in [6.45, 7) is 7.73. The van der Waals surface area contributed by atoms with Crippen molar-refractivity contribution in [3.8, 4) is 0 Å². The fourth-order valence-corrected chi connectivity index (χ4v) is 3.37. The van der Waals surface area contributed by atoms with Crippen LogP contribution in [0, 0.1) is 0 Å². The molecule has 0 spiro atoms. The monoisotopic (exact) mass is 498 g/mol. The number of guanidine groups is 1. The Morgan fingerprint density at radius 2 is 1.89 bits per heavy atom. The van der Waals surface area contributed by atoms with Crippen LogP contribution in [0.1, 0.15) is 49.3 Å². The molecule has 8 heteroatoms. The highest BCUT2D eigenvalue weighted by Gasteiger charge is 2.14. The van der Waals surface area contributed by atoms with Gasteiger partial charge in [0.2, 0.25) is 0 Å². The molecule has 154 valence electrons. The summed E-state index contributed by atoms with van der Waals surface area (Å²) < 4.78 is 5.42. The van der Waals surface area contributed by atoms with Crippen LogP contribution in [-0.4, -0.2) is 36.2 Å². The lowest BCUT2D eigenvalue weighted by molar-refractivity contribution is 0.380. The Hall–Kier alpha value is -1.84. The number of hydrogen-bond acceptors (Lipinski definition) is 5. The van der Waals surface area contributed by atoms with Crippen LogP contribution in [0.25, 0.3) is 0 Å². The van der Waals surface area contributed by atoms with Crippen LogP contribution in [0.4, 0.5) is 5.82 Å². The van der Waals surface area contributed by atoms with Crippen molar-refractivity contribution < 1.29 is 4.52 Å². The molecule has 1 aliphatic heterocycles. The molecule has 3 heterocycles. The predicted molar refractivity (Wildman–Crippen MR) is 123 cm³/mol. The van der Waals surface area contributed by atoms with Crippen LogP contribution < -0.4 is 15.5 Å². The van der Waals surface area contributed by atoms with Gasteiger partial charge in [0, 0.05) is 51.4 Å². The largest absolute Gasteiger partial charge is 0.361 e. The summed E-state index contributed by atoms with van der Waals surface area (Å²) >= 11 is 0. The van der Waals surface area contributed by atoms with Crippen molar-refractivity contribution in [1.82, 2.24) is 20.8 Å². The van der Waals surface area contributed by atoms with Crippen molar-refractivity contribution in [2.75, 3.05) is 25.0 Å². The molecule has 0 bridgehead atoms. The summed E-state index contributed by atoms with van der Waals surface area (Å²) in [5, 5.41) is 10.9. The molecule has 2 aromatic rings. The number of aryl methyl sites for hydroxylation is 2. The summed E-state index contributed by atoms with van der Waals surface area (Å²) in [4.78, 5) is 11.3. The fourth-order valence-electron chi connectivity index (χ4n) is 3.37. The molecule has 1 saturated heterocycles. The van der Waals surface area contributed by atoms with E-state index in [2.05, 4.69) is 56.6 Å². The second-order valence-electron chi connectivity index (χ2n) is 6.74. The molecule has 7 nitrogen and oxygen atoms in total. The minimum absolute atomic E-state index is 0. The fraction of sp³-hybridized carbons (Fsp3) is 0.550. The lowest BCUT2D eigenvalue weighted by Crippen LogP contribution is -2.36. The van der Waals surface area contributed by atoms with Gasteiger partial charge >= 0.3 is 0 Å². The Balaban J connectivity index is 0.00000280. The van der Waals surface area contributed by atoms with E-state index in [1.807, 2.05) is 6.20 Å². The molecular weight excluding hydrogens is 467 g/mol. The second-order valence-corrected chi connectivity index (χ2v) is 6.74. The third kappa shape index (κ3) is 5.59. The van der Waals surface area contributed by atoms with E-state index in [1.165, 1.54) is 12.8 Å². The molecule has 3 rings (SSSR count). The van der Waals surface area contributed by atoms with Crippen molar-refractivity contribution in [2.24, 2.45) is 4.99 Å². The van der Waals surface area contributed by atoms with Crippen molar-refractivity contribution in [2.45, 2.75) is 52.6 Å². The maximum absolute atomic E-state index is 5.42. The smallest absolute Gasteiger partial charge is 0.191 e. The highest BCUT2D eigenvalue weighted by molar-refractivity contribution is 14.0. The summed E-state index contributed by atoms with van der Waals surface area (Å²) in [5.41, 5.74) is 3.28. The van der Waals surface area contributed by atoms with E-state index in [4.69, 9.17) is 4.52 Å². The van der Waals surface area contributed by atoms with Crippen LogP contribution in [0.3, 0.4) is 0 Å². The van der Waals surface area contributed by atoms with Crippen molar-refractivity contribution in [3.05, 3.63) is 40.9 Å². The first-order chi connectivity index (χ1) is 13.2. The highest BCUT2D eigenvalue weighted by Crippen LogP contribution is 2.17. The Kier molecular flexibility index (Phi) is 9.01. The van der Waals surface area contributed by atoms with Gasteiger partial charge in [0.25, 0.3) is 0 Å². The van der Waals surface area contributed by atoms with Crippen LogP contribution >= 0.6 is 24.0 Å². The molecule has 0 atom stereocenters. The Bertz CT molecular complexity index is 731. The van der Waals surface area contributed by atoms with Crippen LogP contribution in [-0.2, 0) is 25.9 Å². The van der Waals surface area contributed by atoms with Gasteiger partial charge in [-0.3, -0.25) is 4.99 Å². The molecule has 1 fully saturated rings. The van der Waals surface area contributed by atoms with E-state index in [9.17, 15) is 0 Å². The zero-order valence-corrected chi connectivity index (χ0v) is 19.3. The Morgan fingerprint density at radius 1 is 1.14 bits per heavy atom. The third-order valence-corrected chi connectivity index (χ3v) is 4.96. The topological polar surface area (TPSA) is 78.6 Å². The van der Waals surface area contributed by atoms with E-state index < -0.39 is 0 Å². The van der Waals surface area contributed by atoms with Crippen LogP contribution in [0.5, 0.6) is 0 Å². The molecule has 0 aromatic carbocycles. The van der Waals surface area contributed by atoms with Gasteiger partial charge in [0.1, 0.15) is 11.6 Å². The second kappa shape index (κ2) is 11.2. The minimum Gasteiger partial charge on any atom is -0.361 e. The maximum Gasteiger partial charge on any atom is 0.191 e. The zero-order valence-electron chi connectivity index (χ0n) is 17.0. The highest BCUT2D eigenvalue weighted by atomic mass is 127. The van der Waals surface area contributed by atoms with Gasteiger partial charge in [-0.2, -0.15) is 0 Å². The molecule has 0 unspecified atom stereocenters. The van der Waals surface area contributed by atoms with Gasteiger partial charge in [0.05, 0.1) is 5.69 Å². The normalized spacial score (nSPS) is 14.1. The molecule has 0 amide bonds. The minimum atomic E-state index is 0. The number of anilines is 1. The summed E-state index contributed by atoms with van der Waals surface area (Å²) in [5.74, 6) is 2.77. The van der Waals surface area contributed by atoms with Gasteiger partial charge in [-0.25, -0.2) is 4.98 Å². The van der Waals surface area contributed by atoms with Gasteiger partial charge < -0.3 is 20.1 Å². The first-order valence-corrected chi connectivity index (χ1v) is 9.85. The van der Waals surface area contributed by atoms with E-state index in [0.29, 0.717) is 13.1 Å². The van der Waals surface area contributed by atoms with E-state index >= 15 is 0 Å². The van der Waals surface area contributed by atoms with Crippen LogP contribution in [0.2, 0.25) is 0 Å². The molecule has 2 aromatic heterocycles. The Morgan fingerprint density at radius 3 is 2.50 bits per heavy atom. The maximum atomic E-state index is 5.42. The first-order valence-electron chi connectivity index (χ1n) is 9.85. The average molecular weight is 498 g/mol. The third-order valence-electron chi connectivity index (χ3n) is 4.96. The molecule has 0 radical (unpaired) electrons. The number of aliphatic imine (C=N–C) groups is 1. The number of halogens is 1. The molecule has 28 heavy (non-hydrogen) atoms. The number of hydrogen-bond donors (Lipinski definition) is 2. The van der Waals surface area contributed by atoms with E-state index in [0.717, 1.165) is 60.3 Å². The molecule has 0 saturated carbocycles. The summed E-state index contributed by atoms with van der Waals surface area (Å²) in [6, 6.07) is 4.24. The number of pyridine rings is 1. The number of rotatable bonds is 7. The van der Waals surface area contributed by atoms with Crippen LogP contribution in [0.15, 0.2) is 27.8 Å². The number of aromatic nitrogens is 2. The number of nitrogens with zero attached hydrogens (tertiary/aromatic N) is 4. The molecule has 0 aliphatic carbocycles. The van der Waals surface area contributed by atoms with E-state index in [1.54, 1.807) is 7.05 Å². The van der Waals surface area contributed by atoms with Gasteiger partial charge in [-0.1, -0.05) is 25.1 Å². The first kappa shape index (κ1) is 22.4. The molecule has 1 aliphatic rings. The SMILES string of the molecule is CCc1noc(CC)c1CNC(=NC)NCc1ccc(N2CCCC2)nc1.I. The molecular formula is C20H31IN6O. The zero-order chi connectivity index (χ0) is 19.1. The van der Waals surface area contributed by atoms with Gasteiger partial charge in [-0.15, -0.1) is 24.0 Å². The average Bonchev–Trinajstić information content (AvgIpc) is 3.38. The Labute approximate surface area is 184 Å².